The Balaban J connectivity index is 1.66. The van der Waals surface area contributed by atoms with Crippen molar-refractivity contribution in [2.75, 3.05) is 6.61 Å². The van der Waals surface area contributed by atoms with Gasteiger partial charge in [0.15, 0.2) is 0 Å². The van der Waals surface area contributed by atoms with Gasteiger partial charge in [-0.15, -0.1) is 0 Å². The summed E-state index contributed by atoms with van der Waals surface area (Å²) in [6, 6.07) is 17.1. The summed E-state index contributed by atoms with van der Waals surface area (Å²) in [6.07, 6.45) is 1.60. The molecule has 0 saturated carbocycles. The van der Waals surface area contributed by atoms with Crippen molar-refractivity contribution in [3.8, 4) is 17.0 Å². The number of ether oxygens (including phenoxy) is 1. The number of nitrogens with one attached hydrogen (secondary N) is 2. The predicted molar refractivity (Wildman–Crippen MR) is 101 cm³/mol. The summed E-state index contributed by atoms with van der Waals surface area (Å²) in [5.74, 6) is 0.412. The highest BCUT2D eigenvalue weighted by Gasteiger charge is 2.11. The number of aromatic nitrogens is 2. The molecule has 132 valence electrons. The number of benzene rings is 2. The van der Waals surface area contributed by atoms with Crippen LogP contribution >= 0.6 is 0 Å². The van der Waals surface area contributed by atoms with E-state index in [1.807, 2.05) is 62.4 Å². The minimum atomic E-state index is -0.354. The van der Waals surface area contributed by atoms with Gasteiger partial charge in [0.2, 0.25) is 0 Å². The Labute approximate surface area is 151 Å². The highest BCUT2D eigenvalue weighted by atomic mass is 16.5. The lowest BCUT2D eigenvalue weighted by Crippen LogP contribution is -2.17. The molecular formula is C20H20N4O2. The van der Waals surface area contributed by atoms with Crippen LogP contribution in [0, 0.1) is 6.92 Å². The van der Waals surface area contributed by atoms with Crippen LogP contribution in [0.2, 0.25) is 0 Å². The fourth-order valence-corrected chi connectivity index (χ4v) is 2.38. The molecule has 1 heterocycles. The SMILES string of the molecule is CCOc1cccc(-c2cc(C(=O)NN=Cc3ccc(C)cc3)[nH]n2)c1. The van der Waals surface area contributed by atoms with Gasteiger partial charge in [-0.2, -0.15) is 10.2 Å². The number of hydrazone groups is 1. The fraction of sp³-hybridized carbons (Fsp3) is 0.150. The van der Waals surface area contributed by atoms with Crippen molar-refractivity contribution in [3.63, 3.8) is 0 Å². The first-order chi connectivity index (χ1) is 12.7. The van der Waals surface area contributed by atoms with Gasteiger partial charge < -0.3 is 4.74 Å². The molecule has 0 bridgehead atoms. The molecule has 2 N–H and O–H groups in total. The number of nitrogens with zero attached hydrogens (tertiary/aromatic N) is 2. The first kappa shape index (κ1) is 17.4. The van der Waals surface area contributed by atoms with Gasteiger partial charge in [0, 0.05) is 5.56 Å². The summed E-state index contributed by atoms with van der Waals surface area (Å²) in [5, 5.41) is 10.9. The third-order valence-electron chi connectivity index (χ3n) is 3.72. The third kappa shape index (κ3) is 4.36. The Kier molecular flexibility index (Phi) is 5.43. The lowest BCUT2D eigenvalue weighted by atomic mass is 10.1. The van der Waals surface area contributed by atoms with E-state index in [-0.39, 0.29) is 5.91 Å². The van der Waals surface area contributed by atoms with Gasteiger partial charge in [0.25, 0.3) is 5.91 Å². The van der Waals surface area contributed by atoms with E-state index < -0.39 is 0 Å². The standard InChI is InChI=1S/C20H20N4O2/c1-3-26-17-6-4-5-16(11-17)18-12-19(23-22-18)20(25)24-21-13-15-9-7-14(2)8-10-15/h4-13H,3H2,1-2H3,(H,22,23)(H,24,25). The molecule has 3 aromatic rings. The molecule has 0 unspecified atom stereocenters. The number of hydrogen-bond acceptors (Lipinski definition) is 4. The van der Waals surface area contributed by atoms with Crippen LogP contribution in [0.25, 0.3) is 11.3 Å². The second kappa shape index (κ2) is 8.11. The van der Waals surface area contributed by atoms with E-state index in [0.29, 0.717) is 18.0 Å². The number of carbonyl (C=O) groups is 1. The number of aromatic amines is 1. The minimum Gasteiger partial charge on any atom is -0.494 e. The average Bonchev–Trinajstić information content (AvgIpc) is 3.14. The zero-order chi connectivity index (χ0) is 18.4. The van der Waals surface area contributed by atoms with E-state index in [2.05, 4.69) is 20.7 Å². The molecule has 0 saturated heterocycles. The van der Waals surface area contributed by atoms with Crippen LogP contribution in [0.4, 0.5) is 0 Å². The van der Waals surface area contributed by atoms with Crippen LogP contribution in [0.5, 0.6) is 5.75 Å². The predicted octanol–water partition coefficient (Wildman–Crippen LogP) is 3.55. The van der Waals surface area contributed by atoms with Gasteiger partial charge in [-0.1, -0.05) is 42.0 Å². The molecule has 0 aliphatic carbocycles. The maximum atomic E-state index is 12.2. The topological polar surface area (TPSA) is 79.4 Å². The number of rotatable bonds is 6. The maximum Gasteiger partial charge on any atom is 0.289 e. The Morgan fingerprint density at radius 2 is 2.04 bits per heavy atom. The van der Waals surface area contributed by atoms with Crippen molar-refractivity contribution in [2.24, 2.45) is 5.10 Å². The molecule has 2 aromatic carbocycles. The second-order valence-electron chi connectivity index (χ2n) is 5.74. The summed E-state index contributed by atoms with van der Waals surface area (Å²) in [5.41, 5.74) is 6.45. The minimum absolute atomic E-state index is 0.336. The molecule has 3 rings (SSSR count). The molecule has 26 heavy (non-hydrogen) atoms. The van der Waals surface area contributed by atoms with E-state index >= 15 is 0 Å². The van der Waals surface area contributed by atoms with E-state index in [4.69, 9.17) is 4.74 Å². The van der Waals surface area contributed by atoms with Crippen molar-refractivity contribution in [2.45, 2.75) is 13.8 Å². The molecule has 0 radical (unpaired) electrons. The van der Waals surface area contributed by atoms with Crippen LogP contribution in [0.1, 0.15) is 28.5 Å². The zero-order valence-corrected chi connectivity index (χ0v) is 14.7. The summed E-state index contributed by atoms with van der Waals surface area (Å²) in [6.45, 7) is 4.54. The van der Waals surface area contributed by atoms with Crippen LogP contribution < -0.4 is 10.2 Å². The van der Waals surface area contributed by atoms with Gasteiger partial charge in [0.1, 0.15) is 11.4 Å². The van der Waals surface area contributed by atoms with Crippen molar-refractivity contribution in [1.29, 1.82) is 0 Å². The normalized spacial score (nSPS) is 10.8. The van der Waals surface area contributed by atoms with Crippen molar-refractivity contribution >= 4 is 12.1 Å². The summed E-state index contributed by atoms with van der Waals surface area (Å²) in [7, 11) is 0. The van der Waals surface area contributed by atoms with Crippen molar-refractivity contribution in [1.82, 2.24) is 15.6 Å². The molecule has 0 atom stereocenters. The van der Waals surface area contributed by atoms with Gasteiger partial charge in [-0.25, -0.2) is 5.43 Å². The van der Waals surface area contributed by atoms with Crippen molar-refractivity contribution in [3.05, 3.63) is 71.4 Å². The largest absolute Gasteiger partial charge is 0.494 e. The summed E-state index contributed by atoms with van der Waals surface area (Å²) < 4.78 is 5.49. The first-order valence-corrected chi connectivity index (χ1v) is 8.34. The van der Waals surface area contributed by atoms with Crippen LogP contribution in [0.15, 0.2) is 59.7 Å². The Morgan fingerprint density at radius 3 is 2.81 bits per heavy atom. The number of carbonyl (C=O) groups excluding carboxylic acids is 1. The lowest BCUT2D eigenvalue weighted by Gasteiger charge is -2.03. The lowest BCUT2D eigenvalue weighted by molar-refractivity contribution is 0.0950. The van der Waals surface area contributed by atoms with E-state index in [0.717, 1.165) is 16.9 Å². The fourth-order valence-electron chi connectivity index (χ4n) is 2.38. The molecule has 0 spiro atoms. The molecule has 6 nitrogen and oxygen atoms in total. The Hall–Kier alpha value is -3.41. The maximum absolute atomic E-state index is 12.2. The van der Waals surface area contributed by atoms with E-state index in [9.17, 15) is 4.79 Å². The highest BCUT2D eigenvalue weighted by molar-refractivity contribution is 5.94. The smallest absolute Gasteiger partial charge is 0.289 e. The molecule has 1 amide bonds. The van der Waals surface area contributed by atoms with Gasteiger partial charge in [-0.3, -0.25) is 9.89 Å². The Bertz CT molecular complexity index is 914. The monoisotopic (exact) mass is 348 g/mol. The molecule has 6 heteroatoms. The van der Waals surface area contributed by atoms with Crippen LogP contribution in [-0.4, -0.2) is 28.9 Å². The zero-order valence-electron chi connectivity index (χ0n) is 14.7. The van der Waals surface area contributed by atoms with Gasteiger partial charge in [0.05, 0.1) is 18.5 Å². The molecule has 1 aromatic heterocycles. The molecule has 0 aliphatic heterocycles. The van der Waals surface area contributed by atoms with E-state index in [1.165, 1.54) is 5.56 Å². The van der Waals surface area contributed by atoms with Crippen molar-refractivity contribution < 1.29 is 9.53 Å². The molecule has 0 fully saturated rings. The third-order valence-corrected chi connectivity index (χ3v) is 3.72. The average molecular weight is 348 g/mol. The number of amides is 1. The van der Waals surface area contributed by atoms with E-state index in [1.54, 1.807) is 12.3 Å². The van der Waals surface area contributed by atoms with Gasteiger partial charge in [-0.05, 0) is 37.6 Å². The number of aryl methyl sites for hydroxylation is 1. The summed E-state index contributed by atoms with van der Waals surface area (Å²) >= 11 is 0. The summed E-state index contributed by atoms with van der Waals surface area (Å²) in [4.78, 5) is 12.2. The van der Waals surface area contributed by atoms with Gasteiger partial charge >= 0.3 is 0 Å². The van der Waals surface area contributed by atoms with Crippen LogP contribution in [-0.2, 0) is 0 Å². The number of H-pyrrole nitrogens is 1. The first-order valence-electron chi connectivity index (χ1n) is 8.34. The Morgan fingerprint density at radius 1 is 1.23 bits per heavy atom. The number of hydrogen-bond donors (Lipinski definition) is 2. The molecule has 0 aliphatic rings. The molecular weight excluding hydrogens is 328 g/mol. The highest BCUT2D eigenvalue weighted by Crippen LogP contribution is 2.22. The quantitative estimate of drug-likeness (QED) is 0.528. The van der Waals surface area contributed by atoms with Crippen LogP contribution in [0.3, 0.4) is 0 Å². The second-order valence-corrected chi connectivity index (χ2v) is 5.74.